The van der Waals surface area contributed by atoms with Crippen molar-refractivity contribution in [1.29, 1.82) is 0 Å². The van der Waals surface area contributed by atoms with Crippen molar-refractivity contribution in [3.05, 3.63) is 64.4 Å². The molecule has 4 aromatic heterocycles. The van der Waals surface area contributed by atoms with Crippen molar-refractivity contribution in [2.45, 2.75) is 83.5 Å². The molecule has 1 amide bonds. The van der Waals surface area contributed by atoms with E-state index in [4.69, 9.17) is 24.4 Å². The first-order chi connectivity index (χ1) is 24.4. The maximum atomic E-state index is 14.7. The Hall–Kier alpha value is -4.44. The van der Waals surface area contributed by atoms with Crippen molar-refractivity contribution in [1.82, 2.24) is 34.3 Å². The van der Waals surface area contributed by atoms with Gasteiger partial charge in [-0.2, -0.15) is 18.3 Å². The number of hydrogen-bond acceptors (Lipinski definition) is 9. The first-order valence-corrected chi connectivity index (χ1v) is 17.7. The molecule has 2 aliphatic heterocycles. The molecule has 270 valence electrons. The van der Waals surface area contributed by atoms with Gasteiger partial charge in [-0.1, -0.05) is 30.3 Å². The van der Waals surface area contributed by atoms with E-state index in [1.165, 1.54) is 0 Å². The Balaban J connectivity index is 1.29. The van der Waals surface area contributed by atoms with Crippen LogP contribution in [-0.4, -0.2) is 71.7 Å². The molecule has 1 unspecified atom stereocenters. The van der Waals surface area contributed by atoms with E-state index in [9.17, 15) is 18.0 Å². The third kappa shape index (κ3) is 7.47. The smallest absolute Gasteiger partial charge is 0.420 e. The predicted molar refractivity (Wildman–Crippen MR) is 186 cm³/mol. The number of hydrogen-bond donors (Lipinski definition) is 1. The Morgan fingerprint density at radius 2 is 1.84 bits per heavy atom. The molecular weight excluding hydrogens is 733 g/mol. The van der Waals surface area contributed by atoms with Crippen molar-refractivity contribution in [2.75, 3.05) is 25.0 Å². The zero-order chi connectivity index (χ0) is 35.9. The number of halogens is 4. The number of nitrogens with zero attached hydrogens (tertiary/aromatic N) is 7. The Morgan fingerprint density at radius 1 is 1.04 bits per heavy atom. The van der Waals surface area contributed by atoms with Gasteiger partial charge in [0.05, 0.1) is 10.9 Å². The number of ether oxygens (including phenoxy) is 3. The van der Waals surface area contributed by atoms with Crippen LogP contribution >= 0.6 is 15.9 Å². The van der Waals surface area contributed by atoms with Crippen LogP contribution in [-0.2, 0) is 22.3 Å². The molecule has 0 bridgehead atoms. The SMILES string of the molecule is CC(C)(C)OC(=O)N1CCC[C@H](Nc2ncc(C(F)(F)F)c(-c3nn(C4CCCCO4)c4nn5c(Br)c(OCc6ccccc6)ccc5c34)n2)C1. The van der Waals surface area contributed by atoms with Gasteiger partial charge in [0.25, 0.3) is 0 Å². The van der Waals surface area contributed by atoms with E-state index in [1.54, 1.807) is 47.0 Å². The topological polar surface area (TPSA) is 121 Å². The number of anilines is 1. The number of pyridine rings is 1. The fourth-order valence-electron chi connectivity index (χ4n) is 6.38. The van der Waals surface area contributed by atoms with E-state index < -0.39 is 35.4 Å². The fraction of sp³-hybridized carbons (Fsp3) is 0.457. The Kier molecular flexibility index (Phi) is 9.56. The molecule has 1 N–H and O–H groups in total. The van der Waals surface area contributed by atoms with Crippen molar-refractivity contribution >= 4 is 44.5 Å². The maximum absolute atomic E-state index is 14.7. The number of benzene rings is 1. The summed E-state index contributed by atoms with van der Waals surface area (Å²) in [5, 5.41) is 13.1. The van der Waals surface area contributed by atoms with Gasteiger partial charge in [0.15, 0.2) is 17.6 Å². The van der Waals surface area contributed by atoms with E-state index in [0.717, 1.165) is 24.6 Å². The Bertz CT molecular complexity index is 2040. The molecule has 0 radical (unpaired) electrons. The second-order valence-electron chi connectivity index (χ2n) is 13.7. The van der Waals surface area contributed by atoms with Gasteiger partial charge in [-0.05, 0) is 86.5 Å². The van der Waals surface area contributed by atoms with Gasteiger partial charge in [-0.3, -0.25) is 0 Å². The number of likely N-dealkylation sites (tertiary alicyclic amines) is 1. The van der Waals surface area contributed by atoms with E-state index in [-0.39, 0.29) is 24.2 Å². The van der Waals surface area contributed by atoms with Crippen molar-refractivity contribution in [2.24, 2.45) is 0 Å². The highest BCUT2D eigenvalue weighted by Crippen LogP contribution is 2.42. The van der Waals surface area contributed by atoms with E-state index in [0.29, 0.717) is 65.9 Å². The molecule has 5 aromatic rings. The first kappa shape index (κ1) is 35.0. The van der Waals surface area contributed by atoms with Gasteiger partial charge >= 0.3 is 12.3 Å². The lowest BCUT2D eigenvalue weighted by atomic mass is 10.1. The molecule has 16 heteroatoms. The molecule has 12 nitrogen and oxygen atoms in total. The van der Waals surface area contributed by atoms with Gasteiger partial charge in [0, 0.05) is 31.9 Å². The molecule has 6 heterocycles. The van der Waals surface area contributed by atoms with Crippen LogP contribution in [0.2, 0.25) is 0 Å². The number of piperidine rings is 1. The monoisotopic (exact) mass is 770 g/mol. The van der Waals surface area contributed by atoms with Crippen molar-refractivity contribution in [3.63, 3.8) is 0 Å². The van der Waals surface area contributed by atoms with Crippen LogP contribution in [0.1, 0.15) is 70.2 Å². The van der Waals surface area contributed by atoms with Gasteiger partial charge < -0.3 is 24.4 Å². The zero-order valence-corrected chi connectivity index (χ0v) is 30.0. The van der Waals surface area contributed by atoms with Gasteiger partial charge in [0.2, 0.25) is 5.95 Å². The normalized spacial score (nSPS) is 18.7. The molecule has 2 saturated heterocycles. The third-order valence-electron chi connectivity index (χ3n) is 8.74. The van der Waals surface area contributed by atoms with Crippen LogP contribution in [0.5, 0.6) is 5.75 Å². The quantitative estimate of drug-likeness (QED) is 0.164. The second-order valence-corrected chi connectivity index (χ2v) is 14.5. The number of alkyl halides is 3. The highest BCUT2D eigenvalue weighted by atomic mass is 79.9. The Morgan fingerprint density at radius 3 is 2.57 bits per heavy atom. The minimum atomic E-state index is -4.79. The van der Waals surface area contributed by atoms with Crippen LogP contribution in [0, 0.1) is 0 Å². The van der Waals surface area contributed by atoms with Gasteiger partial charge in [-0.25, -0.2) is 24.0 Å². The summed E-state index contributed by atoms with van der Waals surface area (Å²) in [5.74, 6) is 0.490. The fourth-order valence-corrected chi connectivity index (χ4v) is 6.90. The highest BCUT2D eigenvalue weighted by Gasteiger charge is 2.38. The summed E-state index contributed by atoms with van der Waals surface area (Å²) < 4.78 is 65.4. The summed E-state index contributed by atoms with van der Waals surface area (Å²) >= 11 is 3.63. The summed E-state index contributed by atoms with van der Waals surface area (Å²) in [6.45, 7) is 6.97. The molecule has 51 heavy (non-hydrogen) atoms. The van der Waals surface area contributed by atoms with Gasteiger partial charge in [0.1, 0.15) is 33.8 Å². The molecule has 2 atom stereocenters. The number of carbonyl (C=O) groups excluding carboxylic acids is 1. The maximum Gasteiger partial charge on any atom is 0.420 e. The molecule has 2 aliphatic rings. The number of amides is 1. The van der Waals surface area contributed by atoms with E-state index >= 15 is 0 Å². The summed E-state index contributed by atoms with van der Waals surface area (Å²) in [6.07, 6.45) is -1.29. The lowest BCUT2D eigenvalue weighted by Gasteiger charge is -2.34. The number of aromatic nitrogens is 6. The minimum absolute atomic E-state index is 0.00386. The standard InChI is InChI=1S/C35H38BrF3N8O4/c1-34(2,3)51-33(48)45-16-9-12-22(19-45)41-32-40-18-23(35(37,38)39)28(42-32)29-27-24-14-15-25(50-20-21-10-5-4-6-11-21)30(36)46(24)44-31(27)47(43-29)26-13-7-8-17-49-26/h4-6,10-11,14-15,18,22,26H,7-9,12-13,16-17,19-20H2,1-3H3,(H,40,41,42)/t22-,26?/m0/s1. The summed E-state index contributed by atoms with van der Waals surface area (Å²) in [6, 6.07) is 12.9. The Labute approximate surface area is 300 Å². The molecule has 0 saturated carbocycles. The largest absolute Gasteiger partial charge is 0.486 e. The van der Waals surface area contributed by atoms with Crippen molar-refractivity contribution in [3.8, 4) is 17.1 Å². The van der Waals surface area contributed by atoms with Gasteiger partial charge in [-0.15, -0.1) is 5.10 Å². The van der Waals surface area contributed by atoms with Crippen LogP contribution in [0.15, 0.2) is 53.3 Å². The molecule has 7 rings (SSSR count). The summed E-state index contributed by atoms with van der Waals surface area (Å²) in [4.78, 5) is 22.9. The first-order valence-electron chi connectivity index (χ1n) is 16.9. The van der Waals surface area contributed by atoms with Crippen LogP contribution in [0.3, 0.4) is 0 Å². The lowest BCUT2D eigenvalue weighted by Crippen LogP contribution is -2.47. The molecule has 0 aliphatic carbocycles. The summed E-state index contributed by atoms with van der Waals surface area (Å²) in [5.41, 5.74) is -0.275. The highest BCUT2D eigenvalue weighted by molar-refractivity contribution is 9.10. The van der Waals surface area contributed by atoms with E-state index in [2.05, 4.69) is 31.2 Å². The number of rotatable bonds is 7. The van der Waals surface area contributed by atoms with E-state index in [1.807, 2.05) is 30.3 Å². The predicted octanol–water partition coefficient (Wildman–Crippen LogP) is 8.01. The second kappa shape index (κ2) is 13.9. The van der Waals surface area contributed by atoms with Crippen LogP contribution in [0.25, 0.3) is 27.9 Å². The van der Waals surface area contributed by atoms with Crippen LogP contribution in [0.4, 0.5) is 23.9 Å². The average molecular weight is 772 g/mol. The molecule has 0 spiro atoms. The lowest BCUT2D eigenvalue weighted by molar-refractivity contribution is -0.137. The zero-order valence-electron chi connectivity index (χ0n) is 28.4. The average Bonchev–Trinajstić information content (AvgIpc) is 3.66. The molecule has 1 aromatic carbocycles. The molecular formula is C35H38BrF3N8O4. The number of nitrogens with one attached hydrogen (secondary N) is 1. The van der Waals surface area contributed by atoms with Crippen LogP contribution < -0.4 is 10.1 Å². The summed E-state index contributed by atoms with van der Waals surface area (Å²) in [7, 11) is 0. The third-order valence-corrected chi connectivity index (χ3v) is 9.46. The van der Waals surface area contributed by atoms with Crippen molar-refractivity contribution < 1.29 is 32.2 Å². The minimum Gasteiger partial charge on any atom is -0.486 e. The number of carbonyl (C=O) groups is 1. The molecule has 2 fully saturated rings. The number of fused-ring (bicyclic) bond motifs is 3.